The van der Waals surface area contributed by atoms with Crippen LogP contribution in [0.4, 0.5) is 0 Å². The normalized spacial score (nSPS) is 52.1. The van der Waals surface area contributed by atoms with Gasteiger partial charge in [0.05, 0.1) is 39.6 Å². The molecule has 6 saturated heterocycles. The van der Waals surface area contributed by atoms with Gasteiger partial charge >= 0.3 is 0 Å². The van der Waals surface area contributed by atoms with E-state index in [0.29, 0.717) is 0 Å². The summed E-state index contributed by atoms with van der Waals surface area (Å²) >= 11 is 0. The molecule has 0 radical (unpaired) electrons. The van der Waals surface area contributed by atoms with Gasteiger partial charge in [0.15, 0.2) is 25.2 Å². The van der Waals surface area contributed by atoms with E-state index in [1.54, 1.807) is 0 Å². The lowest BCUT2D eigenvalue weighted by molar-refractivity contribution is -0.388. The van der Waals surface area contributed by atoms with Crippen LogP contribution in [-0.2, 0) is 47.4 Å². The molecular weight excluding hydrogens is 944 g/mol. The van der Waals surface area contributed by atoms with Crippen LogP contribution in [-0.4, -0.2) is 336 Å². The second-order valence-corrected chi connectivity index (χ2v) is 16.8. The Kier molecular flexibility index (Phi) is 20.5. The van der Waals surface area contributed by atoms with Crippen molar-refractivity contribution in [1.29, 1.82) is 0 Å². The molecule has 6 aliphatic heterocycles. The Balaban J connectivity index is 0.000000254. The van der Waals surface area contributed by atoms with Crippen molar-refractivity contribution >= 4 is 0 Å². The second kappa shape index (κ2) is 24.2. The minimum absolute atomic E-state index is 0.634. The van der Waals surface area contributed by atoms with Crippen LogP contribution >= 0.6 is 0 Å². The molecule has 6 aliphatic rings. The van der Waals surface area contributed by atoms with E-state index < -0.39 is 224 Å². The third-order valence-corrected chi connectivity index (χ3v) is 12.3. The first-order chi connectivity index (χ1) is 32.0. The van der Waals surface area contributed by atoms with E-state index in [2.05, 4.69) is 0 Å². The highest BCUT2D eigenvalue weighted by Gasteiger charge is 2.60. The highest BCUT2D eigenvalue weighted by molar-refractivity contribution is 5.00. The van der Waals surface area contributed by atoms with Crippen molar-refractivity contribution in [2.75, 3.05) is 52.9 Å². The van der Waals surface area contributed by atoms with Crippen molar-refractivity contribution in [3.8, 4) is 0 Å². The molecule has 68 heavy (non-hydrogen) atoms. The Bertz CT molecular complexity index is 1410. The summed E-state index contributed by atoms with van der Waals surface area (Å²) in [6, 6.07) is 0. The fourth-order valence-electron chi connectivity index (χ4n) is 8.03. The van der Waals surface area contributed by atoms with Crippen LogP contribution in [0.2, 0.25) is 0 Å². The van der Waals surface area contributed by atoms with Crippen molar-refractivity contribution in [3.05, 3.63) is 0 Å². The molecule has 6 fully saturated rings. The summed E-state index contributed by atoms with van der Waals surface area (Å²) in [4.78, 5) is 0. The number of rotatable bonds is 16. The summed E-state index contributed by atoms with van der Waals surface area (Å²) in [5.74, 6) is -4.72. The summed E-state index contributed by atoms with van der Waals surface area (Å²) in [6.07, 6.45) is -43.5. The molecule has 0 aromatic rings. The maximum absolute atomic E-state index is 10.3. The van der Waals surface area contributed by atoms with Gasteiger partial charge in [-0.1, -0.05) is 0 Å². The van der Waals surface area contributed by atoms with E-state index >= 15 is 0 Å². The van der Waals surface area contributed by atoms with Gasteiger partial charge in [-0.15, -0.1) is 0 Å². The maximum Gasteiger partial charge on any atom is 0.224 e. The Hall–Kier alpha value is -1.28. The average Bonchev–Trinajstić information content (AvgIpc) is 3.73. The van der Waals surface area contributed by atoms with Crippen LogP contribution in [0.5, 0.6) is 0 Å². The Morgan fingerprint density at radius 2 is 0.559 bits per heavy atom. The molecule has 0 bridgehead atoms. The van der Waals surface area contributed by atoms with Crippen molar-refractivity contribution < 1.29 is 160 Å². The molecule has 0 spiro atoms. The molecule has 28 atom stereocenters. The maximum atomic E-state index is 10.3. The van der Waals surface area contributed by atoms with E-state index in [1.807, 2.05) is 0 Å². The first-order valence-corrected chi connectivity index (χ1v) is 21.1. The van der Waals surface area contributed by atoms with Gasteiger partial charge < -0.3 is 160 Å². The van der Waals surface area contributed by atoms with E-state index in [1.165, 1.54) is 0 Å². The summed E-state index contributed by atoms with van der Waals surface area (Å²) < 4.78 is 52.9. The Morgan fingerprint density at radius 1 is 0.294 bits per heavy atom. The van der Waals surface area contributed by atoms with E-state index in [9.17, 15) is 112 Å². The molecule has 0 saturated carbocycles. The van der Waals surface area contributed by atoms with Crippen molar-refractivity contribution in [3.63, 3.8) is 0 Å². The Morgan fingerprint density at radius 3 is 0.824 bits per heavy atom. The SMILES string of the molecule is OC[C@H]1O[C@H](OC[C@H]2O[C@@H](O[C@]3(CO)O[C@H](CO)[C@@H](O)[C@@H]3O)[C@H](O)[C@@H](O)[C@@H]2O)[C@H](O)[C@@H](O)[C@H]1O.OC[C@H]1O[C@H](OC[C@H]2O[C@H](O[C@]3(CO)O[C@H](CO)[C@@H](O)[C@@H]3O)[C@H](O)[C@@H](O)[C@@H]2O)[C@H](O)[C@@H](O)[C@H]1O. The van der Waals surface area contributed by atoms with Crippen LogP contribution in [0.1, 0.15) is 0 Å². The highest BCUT2D eigenvalue weighted by atomic mass is 16.8. The molecule has 400 valence electrons. The monoisotopic (exact) mass is 1010 g/mol. The summed E-state index contributed by atoms with van der Waals surface area (Å²) in [5, 5.41) is 218. The fraction of sp³-hybridized carbons (Fsp3) is 1.00. The summed E-state index contributed by atoms with van der Waals surface area (Å²) in [6.45, 7) is -6.28. The third kappa shape index (κ3) is 11.6. The third-order valence-electron chi connectivity index (χ3n) is 12.3. The first-order valence-electron chi connectivity index (χ1n) is 21.1. The number of hydrogen-bond acceptors (Lipinski definition) is 32. The molecule has 0 amide bonds. The van der Waals surface area contributed by atoms with Crippen molar-refractivity contribution in [1.82, 2.24) is 0 Å². The van der Waals surface area contributed by atoms with E-state index in [0.717, 1.165) is 0 Å². The zero-order valence-corrected chi connectivity index (χ0v) is 35.6. The molecule has 0 aliphatic carbocycles. The van der Waals surface area contributed by atoms with Gasteiger partial charge in [0.25, 0.3) is 0 Å². The van der Waals surface area contributed by atoms with Gasteiger partial charge in [0, 0.05) is 0 Å². The molecule has 32 heteroatoms. The minimum Gasteiger partial charge on any atom is -0.394 e. The van der Waals surface area contributed by atoms with Crippen molar-refractivity contribution in [2.45, 2.75) is 171 Å². The molecule has 0 aromatic carbocycles. The zero-order valence-electron chi connectivity index (χ0n) is 35.6. The van der Waals surface area contributed by atoms with Crippen LogP contribution in [0, 0.1) is 0 Å². The Labute approximate surface area is 383 Å². The van der Waals surface area contributed by atoms with E-state index in [-0.39, 0.29) is 0 Å². The minimum atomic E-state index is -2.36. The molecule has 22 N–H and O–H groups in total. The summed E-state index contributed by atoms with van der Waals surface area (Å²) in [5.41, 5.74) is 0. The van der Waals surface area contributed by atoms with Gasteiger partial charge in [-0.25, -0.2) is 0 Å². The topological polar surface area (TPSA) is 537 Å². The quantitative estimate of drug-likeness (QED) is 0.0683. The van der Waals surface area contributed by atoms with Gasteiger partial charge in [0.2, 0.25) is 11.6 Å². The van der Waals surface area contributed by atoms with Crippen LogP contribution in [0.15, 0.2) is 0 Å². The average molecular weight is 1010 g/mol. The first kappa shape index (κ1) is 57.6. The molecule has 6 heterocycles. The fourth-order valence-corrected chi connectivity index (χ4v) is 8.03. The lowest BCUT2D eigenvalue weighted by Gasteiger charge is -2.44. The predicted octanol–water partition coefficient (Wildman–Crippen LogP) is -15.1. The standard InChI is InChI=1S/2C18H32O16/c2*19-1-5-8(22)11(25)13(27)16(31-5)30-3-7-9(23)12(26)14(28)17(32-7)34-18(4-21)15(29)10(24)6(2-20)33-18/h2*5-17,19-29H,1-4H2/t5-,6-,7-,8+,9-,10-,11+,12+,13-,14-,15+,16+,17+,18+;5-,6-,7-,8+,9-,10-,11+,12+,13-,14-,15+,16+,17-,18+/m11/s1. The number of ether oxygens (including phenoxy) is 10. The van der Waals surface area contributed by atoms with Gasteiger partial charge in [-0.3, -0.25) is 0 Å². The van der Waals surface area contributed by atoms with Crippen molar-refractivity contribution in [2.24, 2.45) is 0 Å². The number of aliphatic hydroxyl groups is 22. The number of hydrogen-bond donors (Lipinski definition) is 22. The summed E-state index contributed by atoms with van der Waals surface area (Å²) in [7, 11) is 0. The van der Waals surface area contributed by atoms with Crippen LogP contribution in [0.25, 0.3) is 0 Å². The predicted molar refractivity (Wildman–Crippen MR) is 203 cm³/mol. The highest BCUT2D eigenvalue weighted by Crippen LogP contribution is 2.38. The van der Waals surface area contributed by atoms with Crippen LogP contribution in [0.3, 0.4) is 0 Å². The lowest BCUT2D eigenvalue weighted by Crippen LogP contribution is -2.63. The second-order valence-electron chi connectivity index (χ2n) is 16.8. The van der Waals surface area contributed by atoms with Gasteiger partial charge in [-0.05, 0) is 0 Å². The molecule has 0 aromatic heterocycles. The van der Waals surface area contributed by atoms with Crippen LogP contribution < -0.4 is 0 Å². The molecule has 6 rings (SSSR count). The molecule has 0 unspecified atom stereocenters. The number of aliphatic hydroxyl groups excluding tert-OH is 22. The molecular formula is C36H64O32. The lowest BCUT2D eigenvalue weighted by atomic mass is 9.98. The smallest absolute Gasteiger partial charge is 0.224 e. The van der Waals surface area contributed by atoms with Gasteiger partial charge in [0.1, 0.15) is 148 Å². The largest absolute Gasteiger partial charge is 0.394 e. The zero-order chi connectivity index (χ0) is 50.7. The van der Waals surface area contributed by atoms with E-state index in [4.69, 9.17) is 47.4 Å². The van der Waals surface area contributed by atoms with Gasteiger partial charge in [-0.2, -0.15) is 0 Å². The molecule has 32 nitrogen and oxygen atoms in total.